The molecule has 0 spiro atoms. The Morgan fingerprint density at radius 1 is 1.55 bits per heavy atom. The third-order valence-corrected chi connectivity index (χ3v) is 3.36. The quantitative estimate of drug-likeness (QED) is 0.834. The van der Waals surface area contributed by atoms with Crippen LogP contribution in [-0.4, -0.2) is 32.8 Å². The molecule has 1 N–H and O–H groups in total. The molecule has 110 valence electrons. The zero-order valence-electron chi connectivity index (χ0n) is 12.4. The molecule has 1 aromatic carbocycles. The molecule has 0 fully saturated rings. The van der Waals surface area contributed by atoms with Gasteiger partial charge in [-0.3, -0.25) is 0 Å². The third kappa shape index (κ3) is 2.72. The van der Waals surface area contributed by atoms with Gasteiger partial charge >= 0.3 is 5.97 Å². The van der Waals surface area contributed by atoms with Crippen molar-refractivity contribution in [3.8, 4) is 11.5 Å². The highest BCUT2D eigenvalue weighted by atomic mass is 16.5. The lowest BCUT2D eigenvalue weighted by Gasteiger charge is -2.19. The van der Waals surface area contributed by atoms with Crippen LogP contribution in [0.2, 0.25) is 0 Å². The summed E-state index contributed by atoms with van der Waals surface area (Å²) in [6.45, 7) is 4.48. The molecule has 5 heteroatoms. The van der Waals surface area contributed by atoms with Crippen LogP contribution in [0.1, 0.15) is 31.0 Å². The monoisotopic (exact) mass is 279 g/mol. The van der Waals surface area contributed by atoms with Gasteiger partial charge in [-0.15, -0.1) is 0 Å². The van der Waals surface area contributed by atoms with Crippen molar-refractivity contribution in [3.05, 3.63) is 23.3 Å². The fraction of sp³-hybridized carbons (Fsp3) is 0.533. The van der Waals surface area contributed by atoms with Crippen LogP contribution in [0, 0.1) is 0 Å². The van der Waals surface area contributed by atoms with E-state index in [1.165, 1.54) is 7.11 Å². The standard InChI is InChI=1S/C15H21NO4/c1-5-19-13-7-10-6-9(2)20-12(10)8-11(13)14(16-3)15(17)18-4/h7-9,14,16H,5-6H2,1-4H3. The molecule has 1 aliphatic rings. The number of benzene rings is 1. The van der Waals surface area contributed by atoms with Crippen LogP contribution in [0.15, 0.2) is 12.1 Å². The second-order valence-corrected chi connectivity index (χ2v) is 4.81. The molecule has 0 saturated carbocycles. The van der Waals surface area contributed by atoms with Crippen molar-refractivity contribution in [2.24, 2.45) is 0 Å². The first-order valence-corrected chi connectivity index (χ1v) is 6.82. The van der Waals surface area contributed by atoms with Crippen LogP contribution in [-0.2, 0) is 16.0 Å². The summed E-state index contributed by atoms with van der Waals surface area (Å²) in [5.41, 5.74) is 1.86. The average molecular weight is 279 g/mol. The molecule has 1 aliphatic heterocycles. The summed E-state index contributed by atoms with van der Waals surface area (Å²) >= 11 is 0. The van der Waals surface area contributed by atoms with E-state index in [0.717, 1.165) is 23.3 Å². The Balaban J connectivity index is 2.44. The minimum Gasteiger partial charge on any atom is -0.494 e. The molecule has 20 heavy (non-hydrogen) atoms. The molecule has 0 aromatic heterocycles. The second-order valence-electron chi connectivity index (χ2n) is 4.81. The topological polar surface area (TPSA) is 56.8 Å². The Morgan fingerprint density at radius 2 is 2.30 bits per heavy atom. The lowest BCUT2D eigenvalue weighted by atomic mass is 10.0. The first-order valence-electron chi connectivity index (χ1n) is 6.82. The number of ether oxygens (including phenoxy) is 3. The predicted octanol–water partition coefficient (Wildman–Crippen LogP) is 1.84. The van der Waals surface area contributed by atoms with Crippen LogP contribution in [0.4, 0.5) is 0 Å². The second kappa shape index (κ2) is 6.13. The molecule has 1 aromatic rings. The van der Waals surface area contributed by atoms with Gasteiger partial charge in [0, 0.05) is 17.5 Å². The van der Waals surface area contributed by atoms with Crippen molar-refractivity contribution >= 4 is 5.97 Å². The zero-order chi connectivity index (χ0) is 14.7. The lowest BCUT2D eigenvalue weighted by molar-refractivity contribution is -0.143. The fourth-order valence-corrected chi connectivity index (χ4v) is 2.48. The molecule has 0 bridgehead atoms. The van der Waals surface area contributed by atoms with Gasteiger partial charge in [-0.05, 0) is 33.0 Å². The van der Waals surface area contributed by atoms with E-state index in [9.17, 15) is 4.79 Å². The highest BCUT2D eigenvalue weighted by Gasteiger charge is 2.28. The number of nitrogens with one attached hydrogen (secondary N) is 1. The van der Waals surface area contributed by atoms with Crippen molar-refractivity contribution in [1.82, 2.24) is 5.32 Å². The Bertz CT molecular complexity index is 501. The largest absolute Gasteiger partial charge is 0.494 e. The lowest BCUT2D eigenvalue weighted by Crippen LogP contribution is -2.27. The SMILES string of the molecule is CCOc1cc2c(cc1C(NC)C(=O)OC)OC(C)C2. The summed E-state index contributed by atoms with van der Waals surface area (Å²) in [7, 11) is 3.09. The average Bonchev–Trinajstić information content (AvgIpc) is 2.79. The fourth-order valence-electron chi connectivity index (χ4n) is 2.48. The number of carbonyl (C=O) groups is 1. The van der Waals surface area contributed by atoms with Crippen LogP contribution in [0.25, 0.3) is 0 Å². The van der Waals surface area contributed by atoms with Gasteiger partial charge in [0.2, 0.25) is 0 Å². The molecule has 0 radical (unpaired) electrons. The summed E-state index contributed by atoms with van der Waals surface area (Å²) in [5, 5.41) is 2.96. The van der Waals surface area contributed by atoms with Crippen LogP contribution in [0.3, 0.4) is 0 Å². The van der Waals surface area contributed by atoms with Gasteiger partial charge in [-0.25, -0.2) is 4.79 Å². The normalized spacial score (nSPS) is 18.1. The molecular formula is C15H21NO4. The summed E-state index contributed by atoms with van der Waals surface area (Å²) in [5.74, 6) is 1.17. The molecule has 1 heterocycles. The van der Waals surface area contributed by atoms with Crippen LogP contribution < -0.4 is 14.8 Å². The van der Waals surface area contributed by atoms with Crippen molar-refractivity contribution in [1.29, 1.82) is 0 Å². The predicted molar refractivity (Wildman–Crippen MR) is 75.2 cm³/mol. The molecule has 2 unspecified atom stereocenters. The van der Waals surface area contributed by atoms with Gasteiger partial charge in [0.15, 0.2) is 0 Å². The number of hydrogen-bond acceptors (Lipinski definition) is 5. The summed E-state index contributed by atoms with van der Waals surface area (Å²) in [6, 6.07) is 3.28. The molecule has 0 saturated heterocycles. The Kier molecular flexibility index (Phi) is 4.49. The van der Waals surface area contributed by atoms with Crippen molar-refractivity contribution < 1.29 is 19.0 Å². The molecule has 2 atom stereocenters. The van der Waals surface area contributed by atoms with E-state index in [1.54, 1.807) is 7.05 Å². The van der Waals surface area contributed by atoms with E-state index in [2.05, 4.69) is 5.32 Å². The number of carbonyl (C=O) groups excluding carboxylic acids is 1. The van der Waals surface area contributed by atoms with Gasteiger partial charge in [0.25, 0.3) is 0 Å². The maximum Gasteiger partial charge on any atom is 0.327 e. The number of rotatable bonds is 5. The Hall–Kier alpha value is -1.75. The highest BCUT2D eigenvalue weighted by Crippen LogP contribution is 2.37. The van der Waals surface area contributed by atoms with Crippen molar-refractivity contribution in [3.63, 3.8) is 0 Å². The minimum absolute atomic E-state index is 0.154. The maximum absolute atomic E-state index is 11.9. The third-order valence-electron chi connectivity index (χ3n) is 3.36. The number of hydrogen-bond donors (Lipinski definition) is 1. The van der Waals surface area contributed by atoms with E-state index in [4.69, 9.17) is 14.2 Å². The van der Waals surface area contributed by atoms with E-state index in [1.807, 2.05) is 26.0 Å². The Labute approximate surface area is 119 Å². The van der Waals surface area contributed by atoms with Crippen LogP contribution in [0.5, 0.6) is 11.5 Å². The molecule has 0 amide bonds. The first-order chi connectivity index (χ1) is 9.60. The smallest absolute Gasteiger partial charge is 0.327 e. The minimum atomic E-state index is -0.564. The van der Waals surface area contributed by atoms with Crippen molar-refractivity contribution in [2.45, 2.75) is 32.4 Å². The van der Waals surface area contributed by atoms with Gasteiger partial charge in [0.1, 0.15) is 23.6 Å². The summed E-state index contributed by atoms with van der Waals surface area (Å²) in [4.78, 5) is 11.9. The van der Waals surface area contributed by atoms with E-state index < -0.39 is 6.04 Å². The first kappa shape index (κ1) is 14.7. The molecule has 2 rings (SSSR count). The number of methoxy groups -OCH3 is 1. The van der Waals surface area contributed by atoms with Gasteiger partial charge in [-0.1, -0.05) is 0 Å². The molecule has 0 aliphatic carbocycles. The number of likely N-dealkylation sites (N-methyl/N-ethyl adjacent to an activating group) is 1. The van der Waals surface area contributed by atoms with E-state index >= 15 is 0 Å². The maximum atomic E-state index is 11.9. The van der Waals surface area contributed by atoms with Crippen molar-refractivity contribution in [2.75, 3.05) is 20.8 Å². The Morgan fingerprint density at radius 3 is 2.90 bits per heavy atom. The van der Waals surface area contributed by atoms with Gasteiger partial charge < -0.3 is 19.5 Å². The molecule has 5 nitrogen and oxygen atoms in total. The van der Waals surface area contributed by atoms with E-state index in [0.29, 0.717) is 12.4 Å². The number of fused-ring (bicyclic) bond motifs is 1. The molecular weight excluding hydrogens is 258 g/mol. The highest BCUT2D eigenvalue weighted by molar-refractivity contribution is 5.79. The summed E-state index contributed by atoms with van der Waals surface area (Å²) in [6.07, 6.45) is 1.01. The van der Waals surface area contributed by atoms with E-state index in [-0.39, 0.29) is 12.1 Å². The zero-order valence-corrected chi connectivity index (χ0v) is 12.4. The van der Waals surface area contributed by atoms with Gasteiger partial charge in [0.05, 0.1) is 13.7 Å². The van der Waals surface area contributed by atoms with Crippen LogP contribution >= 0.6 is 0 Å². The van der Waals surface area contributed by atoms with Gasteiger partial charge in [-0.2, -0.15) is 0 Å². The number of esters is 1. The summed E-state index contributed by atoms with van der Waals surface area (Å²) < 4.78 is 16.3.